The second-order valence-corrected chi connectivity index (χ2v) is 5.82. The molecule has 0 spiro atoms. The van der Waals surface area contributed by atoms with E-state index in [1.165, 1.54) is 0 Å². The van der Waals surface area contributed by atoms with Gasteiger partial charge in [-0.3, -0.25) is 4.79 Å². The molecule has 132 valence electrons. The van der Waals surface area contributed by atoms with Gasteiger partial charge >= 0.3 is 0 Å². The molecule has 1 saturated carbocycles. The Kier molecular flexibility index (Phi) is 7.08. The van der Waals surface area contributed by atoms with Crippen molar-refractivity contribution in [2.45, 2.75) is 31.2 Å². The minimum absolute atomic E-state index is 0. The third kappa shape index (κ3) is 4.63. The average molecular weight is 372 g/mol. The standard InChI is InChI=1S/C16H21N5O.2ClH/c17-14-11-12(20-21(14)13-6-2-1-3-7-13)5-4-10-19-15(22)16(18)8-9-16;;/h1-3,6-7,11H,4-5,8-10,17-18H2,(H,19,22);2*1H. The molecule has 1 aromatic heterocycles. The lowest BCUT2D eigenvalue weighted by molar-refractivity contribution is -0.123. The molecule has 2 aromatic rings. The number of carbonyl (C=O) groups excluding carboxylic acids is 1. The van der Waals surface area contributed by atoms with Crippen molar-refractivity contribution in [2.75, 3.05) is 12.3 Å². The van der Waals surface area contributed by atoms with Crippen molar-refractivity contribution in [1.82, 2.24) is 15.1 Å². The van der Waals surface area contributed by atoms with E-state index in [0.29, 0.717) is 12.4 Å². The van der Waals surface area contributed by atoms with Crippen LogP contribution in [0.25, 0.3) is 5.69 Å². The highest BCUT2D eigenvalue weighted by Gasteiger charge is 2.45. The predicted octanol–water partition coefficient (Wildman–Crippen LogP) is 1.84. The Morgan fingerprint density at radius 2 is 1.92 bits per heavy atom. The van der Waals surface area contributed by atoms with Crippen LogP contribution in [-0.2, 0) is 11.2 Å². The van der Waals surface area contributed by atoms with Gasteiger partial charge in [0, 0.05) is 12.6 Å². The summed E-state index contributed by atoms with van der Waals surface area (Å²) in [5.41, 5.74) is 13.1. The molecule has 0 radical (unpaired) electrons. The van der Waals surface area contributed by atoms with Gasteiger partial charge in [-0.25, -0.2) is 4.68 Å². The summed E-state index contributed by atoms with van der Waals surface area (Å²) in [6, 6.07) is 11.7. The van der Waals surface area contributed by atoms with Crippen molar-refractivity contribution in [2.24, 2.45) is 5.73 Å². The number of benzene rings is 1. The van der Waals surface area contributed by atoms with Crippen LogP contribution in [0.2, 0.25) is 0 Å². The number of para-hydroxylation sites is 1. The molecule has 0 atom stereocenters. The highest BCUT2D eigenvalue weighted by atomic mass is 35.5. The summed E-state index contributed by atoms with van der Waals surface area (Å²) in [5, 5.41) is 7.39. The molecular weight excluding hydrogens is 349 g/mol. The van der Waals surface area contributed by atoms with E-state index < -0.39 is 5.54 Å². The van der Waals surface area contributed by atoms with Crippen molar-refractivity contribution < 1.29 is 4.79 Å². The van der Waals surface area contributed by atoms with E-state index in [9.17, 15) is 4.79 Å². The first-order chi connectivity index (χ1) is 10.6. The molecule has 3 rings (SSSR count). The van der Waals surface area contributed by atoms with Crippen LogP contribution in [0, 0.1) is 0 Å². The molecule has 6 nitrogen and oxygen atoms in total. The Bertz CT molecular complexity index is 670. The zero-order chi connectivity index (χ0) is 15.6. The van der Waals surface area contributed by atoms with Gasteiger partial charge in [-0.05, 0) is 37.8 Å². The molecule has 1 aliphatic carbocycles. The zero-order valence-electron chi connectivity index (χ0n) is 13.3. The Morgan fingerprint density at radius 1 is 1.25 bits per heavy atom. The number of hydrogen-bond donors (Lipinski definition) is 3. The second kappa shape index (κ2) is 8.37. The van der Waals surface area contributed by atoms with Crippen molar-refractivity contribution in [3.05, 3.63) is 42.1 Å². The van der Waals surface area contributed by atoms with Crippen LogP contribution >= 0.6 is 24.8 Å². The highest BCUT2D eigenvalue weighted by molar-refractivity contribution is 5.88. The monoisotopic (exact) mass is 371 g/mol. The maximum absolute atomic E-state index is 11.7. The van der Waals surface area contributed by atoms with E-state index in [1.807, 2.05) is 36.4 Å². The van der Waals surface area contributed by atoms with E-state index >= 15 is 0 Å². The van der Waals surface area contributed by atoms with Crippen LogP contribution < -0.4 is 16.8 Å². The molecule has 24 heavy (non-hydrogen) atoms. The van der Waals surface area contributed by atoms with Gasteiger partial charge in [-0.2, -0.15) is 5.10 Å². The normalized spacial score (nSPS) is 14.2. The topological polar surface area (TPSA) is 99.0 Å². The smallest absolute Gasteiger partial charge is 0.240 e. The molecule has 1 amide bonds. The summed E-state index contributed by atoms with van der Waals surface area (Å²) >= 11 is 0. The lowest BCUT2D eigenvalue weighted by atomic mass is 10.2. The summed E-state index contributed by atoms with van der Waals surface area (Å²) in [7, 11) is 0. The largest absolute Gasteiger partial charge is 0.384 e. The number of anilines is 1. The van der Waals surface area contributed by atoms with Gasteiger partial charge in [-0.1, -0.05) is 18.2 Å². The SMILES string of the molecule is Cl.Cl.Nc1cc(CCCNC(=O)C2(N)CC2)nn1-c1ccccc1. The van der Waals surface area contributed by atoms with Crippen molar-refractivity contribution >= 4 is 36.5 Å². The molecule has 0 bridgehead atoms. The van der Waals surface area contributed by atoms with E-state index in [1.54, 1.807) is 4.68 Å². The van der Waals surface area contributed by atoms with Crippen molar-refractivity contribution in [3.63, 3.8) is 0 Å². The molecular formula is C16H23Cl2N5O. The minimum atomic E-state index is -0.598. The average Bonchev–Trinajstić information content (AvgIpc) is 3.17. The van der Waals surface area contributed by atoms with Crippen LogP contribution in [0.4, 0.5) is 5.82 Å². The Labute approximate surface area is 153 Å². The lowest BCUT2D eigenvalue weighted by Gasteiger charge is -2.09. The Morgan fingerprint density at radius 3 is 2.54 bits per heavy atom. The first-order valence-corrected chi connectivity index (χ1v) is 7.55. The number of nitrogens with two attached hydrogens (primary N) is 2. The maximum atomic E-state index is 11.7. The summed E-state index contributed by atoms with van der Waals surface area (Å²) in [6.07, 6.45) is 3.16. The van der Waals surface area contributed by atoms with Gasteiger partial charge in [0.25, 0.3) is 0 Å². The first kappa shape index (κ1) is 20.3. The van der Waals surface area contributed by atoms with Crippen molar-refractivity contribution in [3.8, 4) is 5.69 Å². The lowest BCUT2D eigenvalue weighted by Crippen LogP contribution is -2.43. The summed E-state index contributed by atoms with van der Waals surface area (Å²) in [6.45, 7) is 0.607. The molecule has 5 N–H and O–H groups in total. The van der Waals surface area contributed by atoms with Crippen LogP contribution in [0.3, 0.4) is 0 Å². The molecule has 0 unspecified atom stereocenters. The van der Waals surface area contributed by atoms with E-state index in [-0.39, 0.29) is 30.7 Å². The summed E-state index contributed by atoms with van der Waals surface area (Å²) < 4.78 is 1.73. The predicted molar refractivity (Wildman–Crippen MR) is 100.0 cm³/mol. The van der Waals surface area contributed by atoms with E-state index in [2.05, 4.69) is 10.4 Å². The fraction of sp³-hybridized carbons (Fsp3) is 0.375. The third-order valence-electron chi connectivity index (χ3n) is 3.92. The molecule has 1 aromatic carbocycles. The number of nitrogens with zero attached hydrogens (tertiary/aromatic N) is 2. The number of carbonyl (C=O) groups is 1. The highest BCUT2D eigenvalue weighted by Crippen LogP contribution is 2.31. The fourth-order valence-electron chi connectivity index (χ4n) is 2.35. The number of halogens is 2. The van der Waals surface area contributed by atoms with Gasteiger partial charge in [0.1, 0.15) is 5.82 Å². The van der Waals surface area contributed by atoms with Gasteiger partial charge in [0.05, 0.1) is 16.9 Å². The number of nitrogen functional groups attached to an aromatic ring is 1. The van der Waals surface area contributed by atoms with Gasteiger partial charge in [-0.15, -0.1) is 24.8 Å². The van der Waals surface area contributed by atoms with Crippen LogP contribution in [0.5, 0.6) is 0 Å². The zero-order valence-corrected chi connectivity index (χ0v) is 14.9. The number of rotatable bonds is 6. The van der Waals surface area contributed by atoms with Crippen LogP contribution in [0.15, 0.2) is 36.4 Å². The number of amides is 1. The van der Waals surface area contributed by atoms with Gasteiger partial charge < -0.3 is 16.8 Å². The summed E-state index contributed by atoms with van der Waals surface area (Å²) in [4.78, 5) is 11.7. The second-order valence-electron chi connectivity index (χ2n) is 5.82. The molecule has 0 aliphatic heterocycles. The first-order valence-electron chi connectivity index (χ1n) is 7.55. The number of hydrogen-bond acceptors (Lipinski definition) is 4. The molecule has 8 heteroatoms. The Hall–Kier alpha value is -1.76. The molecule has 1 heterocycles. The number of aryl methyl sites for hydroxylation is 1. The van der Waals surface area contributed by atoms with E-state index in [0.717, 1.165) is 37.1 Å². The molecule has 0 saturated heterocycles. The number of aromatic nitrogens is 2. The Balaban J connectivity index is 0.00000144. The maximum Gasteiger partial charge on any atom is 0.240 e. The third-order valence-corrected chi connectivity index (χ3v) is 3.92. The quantitative estimate of drug-likeness (QED) is 0.674. The minimum Gasteiger partial charge on any atom is -0.384 e. The summed E-state index contributed by atoms with van der Waals surface area (Å²) in [5.74, 6) is 0.575. The van der Waals surface area contributed by atoms with Crippen LogP contribution in [-0.4, -0.2) is 27.8 Å². The molecule has 1 aliphatic rings. The van der Waals surface area contributed by atoms with Crippen LogP contribution in [0.1, 0.15) is 25.0 Å². The fourth-order valence-corrected chi connectivity index (χ4v) is 2.35. The van der Waals surface area contributed by atoms with Gasteiger partial charge in [0.2, 0.25) is 5.91 Å². The van der Waals surface area contributed by atoms with Gasteiger partial charge in [0.15, 0.2) is 0 Å². The molecule has 1 fully saturated rings. The number of nitrogens with one attached hydrogen (secondary N) is 1. The van der Waals surface area contributed by atoms with E-state index in [4.69, 9.17) is 11.5 Å². The van der Waals surface area contributed by atoms with Crippen molar-refractivity contribution in [1.29, 1.82) is 0 Å².